The number of aromatic nitrogens is 1. The Morgan fingerprint density at radius 1 is 1.41 bits per heavy atom. The first-order valence-corrected chi connectivity index (χ1v) is 7.57. The maximum absolute atomic E-state index is 12.5. The predicted octanol–water partition coefficient (Wildman–Crippen LogP) is 1.38. The largest absolute Gasteiger partial charge is 0.464 e. The number of Topliss-reactive ketones (excluding diaryl/α,β-unsaturated/α-hetero) is 1. The molecule has 0 aliphatic carbocycles. The van der Waals surface area contributed by atoms with Crippen LogP contribution >= 0.6 is 0 Å². The van der Waals surface area contributed by atoms with Gasteiger partial charge in [-0.3, -0.25) is 4.79 Å². The van der Waals surface area contributed by atoms with Gasteiger partial charge in [-0.2, -0.15) is 0 Å². The fraction of sp³-hybridized carbons (Fsp3) is 0.625. The highest BCUT2D eigenvalue weighted by atomic mass is 16.5. The molecule has 1 fully saturated rings. The van der Waals surface area contributed by atoms with Crippen LogP contribution in [0.25, 0.3) is 0 Å². The zero-order valence-electron chi connectivity index (χ0n) is 13.7. The fourth-order valence-electron chi connectivity index (χ4n) is 3.01. The molecule has 1 aliphatic rings. The summed E-state index contributed by atoms with van der Waals surface area (Å²) in [6, 6.07) is 0. The lowest BCUT2D eigenvalue weighted by Crippen LogP contribution is -2.31. The van der Waals surface area contributed by atoms with Crippen molar-refractivity contribution in [3.63, 3.8) is 0 Å². The monoisotopic (exact) mass is 308 g/mol. The summed E-state index contributed by atoms with van der Waals surface area (Å²) in [5.41, 5.74) is 2.49. The van der Waals surface area contributed by atoms with E-state index in [2.05, 4.69) is 5.32 Å². The summed E-state index contributed by atoms with van der Waals surface area (Å²) in [6.45, 7) is 5.35. The average molecular weight is 308 g/mol. The SMILES string of the molecule is COC(=O)c1c(C)c(C(=O)CNCC2CCCO2)c(C)n1C. The zero-order valence-corrected chi connectivity index (χ0v) is 13.7. The molecule has 1 aromatic rings. The lowest BCUT2D eigenvalue weighted by atomic mass is 10.1. The Bertz CT molecular complexity index is 571. The average Bonchev–Trinajstić information content (AvgIpc) is 3.07. The Morgan fingerprint density at radius 3 is 2.73 bits per heavy atom. The van der Waals surface area contributed by atoms with Crippen LogP contribution in [0.4, 0.5) is 0 Å². The summed E-state index contributed by atoms with van der Waals surface area (Å²) >= 11 is 0. The van der Waals surface area contributed by atoms with Crippen molar-refractivity contribution >= 4 is 11.8 Å². The van der Waals surface area contributed by atoms with Gasteiger partial charge in [0.1, 0.15) is 5.69 Å². The second-order valence-electron chi connectivity index (χ2n) is 5.67. The fourth-order valence-corrected chi connectivity index (χ4v) is 3.01. The molecule has 0 spiro atoms. The van der Waals surface area contributed by atoms with Crippen LogP contribution in [0.3, 0.4) is 0 Å². The molecule has 1 aliphatic heterocycles. The molecule has 0 amide bonds. The molecule has 1 saturated heterocycles. The highest BCUT2D eigenvalue weighted by Gasteiger charge is 2.25. The Labute approximate surface area is 130 Å². The minimum absolute atomic E-state index is 0.0150. The van der Waals surface area contributed by atoms with Gasteiger partial charge in [-0.05, 0) is 32.3 Å². The van der Waals surface area contributed by atoms with Crippen molar-refractivity contribution in [2.24, 2.45) is 7.05 Å². The van der Waals surface area contributed by atoms with Gasteiger partial charge < -0.3 is 19.4 Å². The van der Waals surface area contributed by atoms with Gasteiger partial charge in [0.15, 0.2) is 5.78 Å². The minimum Gasteiger partial charge on any atom is -0.464 e. The molecule has 0 aromatic carbocycles. The summed E-state index contributed by atoms with van der Waals surface area (Å²) in [6.07, 6.45) is 2.33. The molecule has 1 aromatic heterocycles. The Balaban J connectivity index is 2.07. The second-order valence-corrected chi connectivity index (χ2v) is 5.67. The van der Waals surface area contributed by atoms with E-state index in [0.29, 0.717) is 23.4 Å². The lowest BCUT2D eigenvalue weighted by Gasteiger charge is -2.10. The Morgan fingerprint density at radius 2 is 2.14 bits per heavy atom. The standard InChI is InChI=1S/C16H24N2O4/c1-10-14(11(2)18(3)15(10)16(20)21-4)13(19)9-17-8-12-6-5-7-22-12/h12,17H,5-9H2,1-4H3. The van der Waals surface area contributed by atoms with Crippen molar-refractivity contribution in [1.82, 2.24) is 9.88 Å². The highest BCUT2D eigenvalue weighted by Crippen LogP contribution is 2.22. The second kappa shape index (κ2) is 7.07. The maximum Gasteiger partial charge on any atom is 0.354 e. The predicted molar refractivity (Wildman–Crippen MR) is 82.4 cm³/mol. The van der Waals surface area contributed by atoms with Gasteiger partial charge in [0.05, 0.1) is 19.8 Å². The molecule has 6 heteroatoms. The van der Waals surface area contributed by atoms with E-state index in [-0.39, 0.29) is 18.4 Å². The van der Waals surface area contributed by atoms with Crippen molar-refractivity contribution in [1.29, 1.82) is 0 Å². The summed E-state index contributed by atoms with van der Waals surface area (Å²) < 4.78 is 12.0. The van der Waals surface area contributed by atoms with E-state index in [1.807, 2.05) is 6.92 Å². The van der Waals surface area contributed by atoms with E-state index in [1.54, 1.807) is 18.5 Å². The third-order valence-electron chi connectivity index (χ3n) is 4.27. The van der Waals surface area contributed by atoms with Crippen molar-refractivity contribution < 1.29 is 19.1 Å². The van der Waals surface area contributed by atoms with E-state index >= 15 is 0 Å². The van der Waals surface area contributed by atoms with Crippen LogP contribution in [0.1, 0.15) is 44.9 Å². The first-order valence-electron chi connectivity index (χ1n) is 7.57. The highest BCUT2D eigenvalue weighted by molar-refractivity contribution is 6.03. The molecule has 1 unspecified atom stereocenters. The molecule has 0 saturated carbocycles. The number of carbonyl (C=O) groups is 2. The number of esters is 1. The molecule has 22 heavy (non-hydrogen) atoms. The van der Waals surface area contributed by atoms with Crippen LogP contribution in [0, 0.1) is 13.8 Å². The van der Waals surface area contributed by atoms with Crippen LogP contribution in [0.15, 0.2) is 0 Å². The summed E-state index contributed by atoms with van der Waals surface area (Å²) in [7, 11) is 3.11. The van der Waals surface area contributed by atoms with E-state index in [4.69, 9.17) is 9.47 Å². The summed E-state index contributed by atoms with van der Waals surface area (Å²) in [5, 5.41) is 3.15. The zero-order chi connectivity index (χ0) is 16.3. The number of nitrogens with zero attached hydrogens (tertiary/aromatic N) is 1. The van der Waals surface area contributed by atoms with Gasteiger partial charge in [-0.15, -0.1) is 0 Å². The molecule has 1 atom stereocenters. The number of ketones is 1. The molecule has 2 rings (SSSR count). The molecule has 0 radical (unpaired) electrons. The van der Waals surface area contributed by atoms with Gasteiger partial charge in [0.25, 0.3) is 0 Å². The molecule has 1 N–H and O–H groups in total. The molecule has 2 heterocycles. The quantitative estimate of drug-likeness (QED) is 0.635. The molecule has 122 valence electrons. The number of hydrogen-bond acceptors (Lipinski definition) is 5. The van der Waals surface area contributed by atoms with E-state index in [1.165, 1.54) is 7.11 Å². The third kappa shape index (κ3) is 3.23. The Hall–Kier alpha value is -1.66. The molecular weight excluding hydrogens is 284 g/mol. The van der Waals surface area contributed by atoms with Gasteiger partial charge in [0.2, 0.25) is 0 Å². The van der Waals surface area contributed by atoms with Crippen LogP contribution in [-0.4, -0.2) is 49.2 Å². The van der Waals surface area contributed by atoms with Crippen molar-refractivity contribution in [3.05, 3.63) is 22.5 Å². The van der Waals surface area contributed by atoms with Crippen molar-refractivity contribution in [3.8, 4) is 0 Å². The minimum atomic E-state index is -0.422. The molecule has 0 bridgehead atoms. The van der Waals surface area contributed by atoms with Crippen molar-refractivity contribution in [2.45, 2.75) is 32.8 Å². The van der Waals surface area contributed by atoms with Gasteiger partial charge >= 0.3 is 5.97 Å². The summed E-state index contributed by atoms with van der Waals surface area (Å²) in [5.74, 6) is -0.437. The topological polar surface area (TPSA) is 69.6 Å². The number of hydrogen-bond donors (Lipinski definition) is 1. The van der Waals surface area contributed by atoms with Crippen LogP contribution in [0.2, 0.25) is 0 Å². The van der Waals surface area contributed by atoms with E-state index in [9.17, 15) is 9.59 Å². The number of rotatable bonds is 6. The van der Waals surface area contributed by atoms with Gasteiger partial charge in [-0.25, -0.2) is 4.79 Å². The number of methoxy groups -OCH3 is 1. The number of nitrogens with one attached hydrogen (secondary N) is 1. The van der Waals surface area contributed by atoms with Crippen LogP contribution in [-0.2, 0) is 16.5 Å². The maximum atomic E-state index is 12.5. The first kappa shape index (κ1) is 16.7. The Kier molecular flexibility index (Phi) is 5.37. The summed E-state index contributed by atoms with van der Waals surface area (Å²) in [4.78, 5) is 24.3. The van der Waals surface area contributed by atoms with Crippen LogP contribution in [0.5, 0.6) is 0 Å². The number of ether oxygens (including phenoxy) is 2. The molecule has 6 nitrogen and oxygen atoms in total. The molecular formula is C16H24N2O4. The normalized spacial score (nSPS) is 17.7. The van der Waals surface area contributed by atoms with Crippen LogP contribution < -0.4 is 5.32 Å². The van der Waals surface area contributed by atoms with E-state index < -0.39 is 5.97 Å². The lowest BCUT2D eigenvalue weighted by molar-refractivity contribution is 0.0588. The van der Waals surface area contributed by atoms with Gasteiger partial charge in [0, 0.05) is 31.5 Å². The first-order chi connectivity index (χ1) is 10.5. The number of carbonyl (C=O) groups excluding carboxylic acids is 2. The van der Waals surface area contributed by atoms with Gasteiger partial charge in [-0.1, -0.05) is 0 Å². The van der Waals surface area contributed by atoms with E-state index in [0.717, 1.165) is 25.1 Å². The smallest absolute Gasteiger partial charge is 0.354 e. The van der Waals surface area contributed by atoms with Crippen molar-refractivity contribution in [2.75, 3.05) is 26.8 Å². The third-order valence-corrected chi connectivity index (χ3v) is 4.27.